The molecule has 1 unspecified atom stereocenters. The summed E-state index contributed by atoms with van der Waals surface area (Å²) in [5.74, 6) is 2.39. The van der Waals surface area contributed by atoms with Gasteiger partial charge < -0.3 is 10.1 Å². The average Bonchev–Trinajstić information content (AvgIpc) is 2.97. The highest BCUT2D eigenvalue weighted by atomic mass is 32.2. The number of hydrogen-bond donors (Lipinski definition) is 1. The first kappa shape index (κ1) is 16.5. The summed E-state index contributed by atoms with van der Waals surface area (Å²) in [7, 11) is 0. The van der Waals surface area contributed by atoms with Crippen molar-refractivity contribution in [2.45, 2.75) is 51.7 Å². The van der Waals surface area contributed by atoms with Gasteiger partial charge in [0.05, 0.1) is 5.69 Å². The molecule has 3 rings (SSSR count). The van der Waals surface area contributed by atoms with Gasteiger partial charge in [0.1, 0.15) is 5.60 Å². The highest BCUT2D eigenvalue weighted by Crippen LogP contribution is 2.32. The second kappa shape index (κ2) is 6.63. The van der Waals surface area contributed by atoms with Crippen molar-refractivity contribution in [1.29, 1.82) is 0 Å². The number of aryl methyl sites for hydroxylation is 1. The molecule has 2 aliphatic rings. The van der Waals surface area contributed by atoms with Crippen molar-refractivity contribution in [1.82, 2.24) is 0 Å². The Morgan fingerprint density at radius 3 is 2.91 bits per heavy atom. The third-order valence-electron chi connectivity index (χ3n) is 4.12. The number of amides is 1. The first-order chi connectivity index (χ1) is 10.9. The van der Waals surface area contributed by atoms with E-state index in [1.807, 2.05) is 32.5 Å². The second-order valence-corrected chi connectivity index (χ2v) is 8.43. The molecule has 4 nitrogen and oxygen atoms in total. The lowest BCUT2D eigenvalue weighted by Gasteiger charge is -2.32. The monoisotopic (exact) mass is 334 g/mol. The number of hydrogen-bond acceptors (Lipinski definition) is 4. The number of nitrogens with zero attached hydrogens (tertiary/aromatic N) is 1. The Balaban J connectivity index is 1.79. The predicted octanol–water partition coefficient (Wildman–Crippen LogP) is 4.29. The van der Waals surface area contributed by atoms with Gasteiger partial charge >= 0.3 is 6.09 Å². The summed E-state index contributed by atoms with van der Waals surface area (Å²) >= 11 is 1.99. The molecule has 126 valence electrons. The maximum Gasteiger partial charge on any atom is 0.414 e. The Morgan fingerprint density at radius 1 is 1.39 bits per heavy atom. The number of fused-ring (bicyclic) bond motifs is 1. The molecule has 0 spiro atoms. The first-order valence-corrected chi connectivity index (χ1v) is 9.55. The quantitative estimate of drug-likeness (QED) is 0.876. The number of ether oxygens (including phenoxy) is 1. The Hall–Kier alpha value is -1.36. The summed E-state index contributed by atoms with van der Waals surface area (Å²) in [6.45, 7) is 6.45. The van der Waals surface area contributed by atoms with Crippen molar-refractivity contribution in [3.05, 3.63) is 23.8 Å². The summed E-state index contributed by atoms with van der Waals surface area (Å²) in [5, 5.41) is 3.60. The van der Waals surface area contributed by atoms with E-state index in [-0.39, 0.29) is 6.09 Å². The highest BCUT2D eigenvalue weighted by Gasteiger charge is 2.27. The summed E-state index contributed by atoms with van der Waals surface area (Å²) in [4.78, 5) is 14.3. The predicted molar refractivity (Wildman–Crippen MR) is 97.7 cm³/mol. The fraction of sp³-hybridized carbons (Fsp3) is 0.611. The summed E-state index contributed by atoms with van der Waals surface area (Å²) < 4.78 is 5.57. The summed E-state index contributed by atoms with van der Waals surface area (Å²) in [6.07, 6.45) is 2.97. The topological polar surface area (TPSA) is 41.6 Å². The molecule has 0 aliphatic carbocycles. The molecule has 1 atom stereocenters. The molecule has 23 heavy (non-hydrogen) atoms. The fourth-order valence-electron chi connectivity index (χ4n) is 3.06. The molecule has 1 N–H and O–H groups in total. The van der Waals surface area contributed by atoms with Gasteiger partial charge in [0, 0.05) is 24.0 Å². The van der Waals surface area contributed by atoms with E-state index in [0.29, 0.717) is 6.04 Å². The van der Waals surface area contributed by atoms with Crippen molar-refractivity contribution < 1.29 is 9.53 Å². The van der Waals surface area contributed by atoms with Crippen LogP contribution in [-0.4, -0.2) is 35.8 Å². The molecule has 1 aromatic carbocycles. The zero-order chi connectivity index (χ0) is 16.4. The van der Waals surface area contributed by atoms with Crippen LogP contribution in [0.15, 0.2) is 18.2 Å². The van der Waals surface area contributed by atoms with E-state index in [1.165, 1.54) is 17.7 Å². The molecule has 0 bridgehead atoms. The summed E-state index contributed by atoms with van der Waals surface area (Å²) in [6, 6.07) is 6.94. The fourth-order valence-corrected chi connectivity index (χ4v) is 4.21. The molecule has 2 aliphatic heterocycles. The highest BCUT2D eigenvalue weighted by molar-refractivity contribution is 7.99. The van der Waals surface area contributed by atoms with Gasteiger partial charge in [-0.25, -0.2) is 4.79 Å². The number of benzene rings is 1. The number of carbonyl (C=O) groups excluding carboxylic acids is 1. The third kappa shape index (κ3) is 4.14. The maximum atomic E-state index is 12.5. The molecule has 1 amide bonds. The lowest BCUT2D eigenvalue weighted by atomic mass is 10.0. The van der Waals surface area contributed by atoms with E-state index < -0.39 is 5.60 Å². The maximum absolute atomic E-state index is 12.5. The Morgan fingerprint density at radius 2 is 2.22 bits per heavy atom. The first-order valence-electron chi connectivity index (χ1n) is 8.40. The van der Waals surface area contributed by atoms with Gasteiger partial charge in [-0.2, -0.15) is 11.8 Å². The molecule has 1 saturated heterocycles. The van der Waals surface area contributed by atoms with Gasteiger partial charge in [0.2, 0.25) is 0 Å². The molecule has 5 heteroatoms. The van der Waals surface area contributed by atoms with Gasteiger partial charge in [0.25, 0.3) is 0 Å². The lowest BCUT2D eigenvalue weighted by Crippen LogP contribution is -2.39. The molecule has 0 aromatic heterocycles. The molecule has 0 radical (unpaired) electrons. The molecular formula is C18H26N2O2S. The molecule has 0 saturated carbocycles. The van der Waals surface area contributed by atoms with E-state index in [1.54, 1.807) is 4.90 Å². The summed E-state index contributed by atoms with van der Waals surface area (Å²) in [5.41, 5.74) is 2.87. The minimum Gasteiger partial charge on any atom is -0.443 e. The van der Waals surface area contributed by atoms with E-state index in [9.17, 15) is 4.79 Å². The number of rotatable bonds is 2. The zero-order valence-electron chi connectivity index (χ0n) is 14.2. The van der Waals surface area contributed by atoms with Crippen molar-refractivity contribution in [2.24, 2.45) is 0 Å². The van der Waals surface area contributed by atoms with Crippen LogP contribution in [0.25, 0.3) is 0 Å². The molecule has 1 fully saturated rings. The Kier molecular flexibility index (Phi) is 4.76. The smallest absolute Gasteiger partial charge is 0.414 e. The number of carbonyl (C=O) groups is 1. The Labute approximate surface area is 143 Å². The van der Waals surface area contributed by atoms with Crippen molar-refractivity contribution >= 4 is 29.2 Å². The van der Waals surface area contributed by atoms with Crippen LogP contribution in [-0.2, 0) is 11.2 Å². The van der Waals surface area contributed by atoms with Gasteiger partial charge in [-0.1, -0.05) is 6.07 Å². The minimum absolute atomic E-state index is 0.243. The largest absolute Gasteiger partial charge is 0.443 e. The van der Waals surface area contributed by atoms with Crippen LogP contribution in [0, 0.1) is 0 Å². The van der Waals surface area contributed by atoms with Crippen LogP contribution in [0.4, 0.5) is 16.2 Å². The normalized spacial score (nSPS) is 21.0. The molecular weight excluding hydrogens is 308 g/mol. The van der Waals surface area contributed by atoms with E-state index in [4.69, 9.17) is 4.74 Å². The van der Waals surface area contributed by atoms with Crippen LogP contribution in [0.2, 0.25) is 0 Å². The minimum atomic E-state index is -0.467. The number of nitrogens with one attached hydrogen (secondary N) is 1. The second-order valence-electron chi connectivity index (χ2n) is 7.28. The molecule has 2 heterocycles. The number of thioether (sulfide) groups is 1. The van der Waals surface area contributed by atoms with Crippen molar-refractivity contribution in [3.63, 3.8) is 0 Å². The third-order valence-corrected chi connectivity index (χ3v) is 5.28. The SMILES string of the molecule is CC(C)(C)OC(=O)N1CCCc2ccc(NC3CCSC3)cc21. The van der Waals surface area contributed by atoms with Gasteiger partial charge in [-0.05, 0) is 63.5 Å². The number of anilines is 2. The van der Waals surface area contributed by atoms with E-state index in [2.05, 4.69) is 23.5 Å². The van der Waals surface area contributed by atoms with E-state index in [0.717, 1.165) is 36.5 Å². The lowest BCUT2D eigenvalue weighted by molar-refractivity contribution is 0.0578. The Bertz CT molecular complexity index is 577. The van der Waals surface area contributed by atoms with Gasteiger partial charge in [-0.15, -0.1) is 0 Å². The van der Waals surface area contributed by atoms with Gasteiger partial charge in [-0.3, -0.25) is 4.90 Å². The molecule has 1 aromatic rings. The van der Waals surface area contributed by atoms with Crippen LogP contribution >= 0.6 is 11.8 Å². The van der Waals surface area contributed by atoms with E-state index >= 15 is 0 Å². The van der Waals surface area contributed by atoms with Crippen LogP contribution in [0.3, 0.4) is 0 Å². The average molecular weight is 334 g/mol. The van der Waals surface area contributed by atoms with Crippen LogP contribution < -0.4 is 10.2 Å². The standard InChI is InChI=1S/C18H26N2O2S/c1-18(2,3)22-17(21)20-9-4-5-13-6-7-14(11-16(13)20)19-15-8-10-23-12-15/h6-7,11,15,19H,4-5,8-10,12H2,1-3H3. The van der Waals surface area contributed by atoms with Crippen LogP contribution in [0.5, 0.6) is 0 Å². The van der Waals surface area contributed by atoms with Crippen molar-refractivity contribution in [2.75, 3.05) is 28.3 Å². The van der Waals surface area contributed by atoms with Crippen molar-refractivity contribution in [3.8, 4) is 0 Å². The van der Waals surface area contributed by atoms with Crippen LogP contribution in [0.1, 0.15) is 39.2 Å². The van der Waals surface area contributed by atoms with Gasteiger partial charge in [0.15, 0.2) is 0 Å². The zero-order valence-corrected chi connectivity index (χ0v) is 15.0.